The minimum atomic E-state index is -0.312. The van der Waals surface area contributed by atoms with E-state index in [2.05, 4.69) is 22.3 Å². The van der Waals surface area contributed by atoms with Crippen LogP contribution in [0.1, 0.15) is 10.4 Å². The zero-order chi connectivity index (χ0) is 17.6. The monoisotopic (exact) mass is 340 g/mol. The van der Waals surface area contributed by atoms with Crippen molar-refractivity contribution in [2.75, 3.05) is 33.2 Å². The number of likely N-dealkylation sites (N-methyl/N-ethyl adjacent to an activating group) is 1. The lowest BCUT2D eigenvalue weighted by molar-refractivity contribution is 0.0969. The van der Waals surface area contributed by atoms with Gasteiger partial charge in [-0.25, -0.2) is 9.38 Å². The van der Waals surface area contributed by atoms with Crippen molar-refractivity contribution in [3.8, 4) is 0 Å². The molecule has 0 aliphatic carbocycles. The Morgan fingerprint density at radius 2 is 1.64 bits per heavy atom. The van der Waals surface area contributed by atoms with Gasteiger partial charge in [-0.15, -0.1) is 0 Å². The second-order valence-corrected chi connectivity index (χ2v) is 6.02. The molecule has 25 heavy (non-hydrogen) atoms. The molecule has 2 aromatic carbocycles. The van der Waals surface area contributed by atoms with Gasteiger partial charge < -0.3 is 9.80 Å². The molecule has 1 N–H and O–H groups in total. The Morgan fingerprint density at radius 3 is 2.28 bits per heavy atom. The van der Waals surface area contributed by atoms with Crippen molar-refractivity contribution in [2.45, 2.75) is 0 Å². The lowest BCUT2D eigenvalue weighted by atomic mass is 10.2. The van der Waals surface area contributed by atoms with Gasteiger partial charge in [0.05, 0.1) is 5.69 Å². The molecule has 5 nitrogen and oxygen atoms in total. The maximum atomic E-state index is 13.1. The largest absolute Gasteiger partial charge is 0.340 e. The zero-order valence-corrected chi connectivity index (χ0v) is 14.2. The molecule has 0 saturated carbocycles. The molecule has 0 radical (unpaired) electrons. The van der Waals surface area contributed by atoms with Crippen molar-refractivity contribution < 1.29 is 9.18 Å². The molecule has 1 fully saturated rings. The van der Waals surface area contributed by atoms with E-state index < -0.39 is 0 Å². The van der Waals surface area contributed by atoms with E-state index in [1.165, 1.54) is 12.1 Å². The van der Waals surface area contributed by atoms with Crippen molar-refractivity contribution in [1.29, 1.82) is 0 Å². The van der Waals surface area contributed by atoms with Gasteiger partial charge in [0, 0.05) is 31.7 Å². The summed E-state index contributed by atoms with van der Waals surface area (Å²) in [5.41, 5.74) is 1.17. The molecule has 1 amide bonds. The summed E-state index contributed by atoms with van der Waals surface area (Å²) in [6, 6.07) is 14.9. The smallest absolute Gasteiger partial charge is 0.257 e. The first-order valence-electron chi connectivity index (χ1n) is 8.26. The van der Waals surface area contributed by atoms with Crippen LogP contribution in [0, 0.1) is 5.82 Å². The van der Waals surface area contributed by atoms with Crippen LogP contribution in [0.2, 0.25) is 0 Å². The number of carbonyl (C=O) groups is 1. The van der Waals surface area contributed by atoms with Crippen LogP contribution in [0.3, 0.4) is 0 Å². The minimum Gasteiger partial charge on any atom is -0.340 e. The topological polar surface area (TPSA) is 47.9 Å². The van der Waals surface area contributed by atoms with Crippen LogP contribution in [0.25, 0.3) is 0 Å². The highest BCUT2D eigenvalue weighted by atomic mass is 19.1. The number of guanidine groups is 1. The predicted octanol–water partition coefficient (Wildman–Crippen LogP) is 2.49. The molecular weight excluding hydrogens is 319 g/mol. The molecule has 0 bridgehead atoms. The second-order valence-electron chi connectivity index (χ2n) is 6.02. The highest BCUT2D eigenvalue weighted by molar-refractivity contribution is 6.06. The summed E-state index contributed by atoms with van der Waals surface area (Å²) in [7, 11) is 2.07. The van der Waals surface area contributed by atoms with Crippen LogP contribution in [0.15, 0.2) is 59.6 Å². The molecule has 0 aromatic heterocycles. The van der Waals surface area contributed by atoms with E-state index in [0.29, 0.717) is 17.2 Å². The number of hydrogen-bond acceptors (Lipinski definition) is 3. The van der Waals surface area contributed by atoms with E-state index in [-0.39, 0.29) is 11.7 Å². The first-order chi connectivity index (χ1) is 12.1. The molecule has 1 aliphatic heterocycles. The number of nitrogens with zero attached hydrogens (tertiary/aromatic N) is 3. The van der Waals surface area contributed by atoms with E-state index in [0.717, 1.165) is 26.2 Å². The summed E-state index contributed by atoms with van der Waals surface area (Å²) in [6.07, 6.45) is 0. The van der Waals surface area contributed by atoms with Gasteiger partial charge in [0.25, 0.3) is 5.91 Å². The minimum absolute atomic E-state index is 0.208. The summed E-state index contributed by atoms with van der Waals surface area (Å²) >= 11 is 0. The molecule has 0 spiro atoms. The fourth-order valence-electron chi connectivity index (χ4n) is 2.60. The number of amides is 1. The highest BCUT2D eigenvalue weighted by Crippen LogP contribution is 2.14. The Balaban J connectivity index is 1.83. The lowest BCUT2D eigenvalue weighted by Gasteiger charge is -2.34. The third-order valence-electron chi connectivity index (χ3n) is 4.13. The number of carbonyl (C=O) groups excluding carboxylic acids is 1. The Morgan fingerprint density at radius 1 is 1.00 bits per heavy atom. The van der Waals surface area contributed by atoms with Crippen molar-refractivity contribution in [1.82, 2.24) is 15.1 Å². The first kappa shape index (κ1) is 17.1. The maximum absolute atomic E-state index is 13.1. The van der Waals surface area contributed by atoms with Crippen LogP contribution in [0.4, 0.5) is 10.1 Å². The third-order valence-corrected chi connectivity index (χ3v) is 4.13. The van der Waals surface area contributed by atoms with Crippen molar-refractivity contribution in [3.05, 3.63) is 66.0 Å². The van der Waals surface area contributed by atoms with Gasteiger partial charge in [0.15, 0.2) is 0 Å². The number of halogens is 1. The molecule has 1 saturated heterocycles. The lowest BCUT2D eigenvalue weighted by Crippen LogP contribution is -2.52. The van der Waals surface area contributed by atoms with Crippen molar-refractivity contribution >= 4 is 17.6 Å². The summed E-state index contributed by atoms with van der Waals surface area (Å²) in [4.78, 5) is 21.3. The second kappa shape index (κ2) is 7.90. The van der Waals surface area contributed by atoms with Crippen molar-refractivity contribution in [3.63, 3.8) is 0 Å². The van der Waals surface area contributed by atoms with Crippen LogP contribution in [0.5, 0.6) is 0 Å². The molecule has 1 heterocycles. The molecule has 0 unspecified atom stereocenters. The van der Waals surface area contributed by atoms with Crippen LogP contribution < -0.4 is 5.32 Å². The Bertz CT molecular complexity index is 738. The standard InChI is InChI=1S/C19H21FN4O/c1-23-11-13-24(14-12-23)19(21-17-9-7-16(20)8-10-17)22-18(25)15-5-3-2-4-6-15/h2-10H,11-14H2,1H3,(H,21,22,25). The molecule has 130 valence electrons. The summed E-state index contributed by atoms with van der Waals surface area (Å²) < 4.78 is 13.1. The Kier molecular flexibility index (Phi) is 5.40. The molecule has 1 aliphatic rings. The molecule has 2 aromatic rings. The predicted molar refractivity (Wildman–Crippen MR) is 96.5 cm³/mol. The van der Waals surface area contributed by atoms with Gasteiger partial charge >= 0.3 is 0 Å². The van der Waals surface area contributed by atoms with Crippen molar-refractivity contribution in [2.24, 2.45) is 4.99 Å². The molecule has 6 heteroatoms. The number of nitrogens with one attached hydrogen (secondary N) is 1. The number of rotatable bonds is 2. The van der Waals surface area contributed by atoms with E-state index in [4.69, 9.17) is 0 Å². The highest BCUT2D eigenvalue weighted by Gasteiger charge is 2.20. The fraction of sp³-hybridized carbons (Fsp3) is 0.263. The SMILES string of the molecule is CN1CCN(C(=Nc2ccc(F)cc2)NC(=O)c2ccccc2)CC1. The van der Waals surface area contributed by atoms with Gasteiger partial charge in [-0.1, -0.05) is 18.2 Å². The van der Waals surface area contributed by atoms with Gasteiger partial charge in [-0.3, -0.25) is 10.1 Å². The van der Waals surface area contributed by atoms with Crippen LogP contribution in [-0.2, 0) is 0 Å². The summed E-state index contributed by atoms with van der Waals surface area (Å²) in [6.45, 7) is 3.32. The summed E-state index contributed by atoms with van der Waals surface area (Å²) in [5.74, 6) is -0.0256. The van der Waals surface area contributed by atoms with Gasteiger partial charge in [0.2, 0.25) is 5.96 Å². The van der Waals surface area contributed by atoms with Gasteiger partial charge in [-0.05, 0) is 43.4 Å². The van der Waals surface area contributed by atoms with E-state index in [1.807, 2.05) is 23.1 Å². The Hall–Kier alpha value is -2.73. The number of aliphatic imine (C=N–C) groups is 1. The quantitative estimate of drug-likeness (QED) is 0.675. The van der Waals surface area contributed by atoms with E-state index in [9.17, 15) is 9.18 Å². The Labute approximate surface area is 146 Å². The normalized spacial score (nSPS) is 15.9. The summed E-state index contributed by atoms with van der Waals surface area (Å²) in [5, 5.41) is 2.91. The average molecular weight is 340 g/mol. The van der Waals surface area contributed by atoms with Gasteiger partial charge in [-0.2, -0.15) is 0 Å². The molecule has 0 atom stereocenters. The number of hydrogen-bond donors (Lipinski definition) is 1. The number of piperazine rings is 1. The van der Waals surface area contributed by atoms with Crippen LogP contribution in [-0.4, -0.2) is 54.9 Å². The third kappa shape index (κ3) is 4.64. The van der Waals surface area contributed by atoms with E-state index in [1.54, 1.807) is 24.3 Å². The fourth-order valence-corrected chi connectivity index (χ4v) is 2.60. The first-order valence-corrected chi connectivity index (χ1v) is 8.26. The number of benzene rings is 2. The molecular formula is C19H21FN4O. The zero-order valence-electron chi connectivity index (χ0n) is 14.2. The molecule has 3 rings (SSSR count). The van der Waals surface area contributed by atoms with Crippen LogP contribution >= 0.6 is 0 Å². The van der Waals surface area contributed by atoms with E-state index >= 15 is 0 Å². The van der Waals surface area contributed by atoms with Gasteiger partial charge in [0.1, 0.15) is 5.82 Å². The maximum Gasteiger partial charge on any atom is 0.257 e. The average Bonchev–Trinajstić information content (AvgIpc) is 2.64.